The average molecular weight is 259 g/mol. The van der Waals surface area contributed by atoms with Crippen molar-refractivity contribution in [3.63, 3.8) is 0 Å². The molecule has 3 rings (SSSR count). The predicted molar refractivity (Wildman–Crippen MR) is 72.0 cm³/mol. The molecule has 2 heterocycles. The van der Waals surface area contributed by atoms with Crippen molar-refractivity contribution < 1.29 is 14.3 Å². The third-order valence-corrected chi connectivity index (χ3v) is 4.09. The summed E-state index contributed by atoms with van der Waals surface area (Å²) < 4.78 is 5.41. The van der Waals surface area contributed by atoms with Crippen LogP contribution in [-0.2, 0) is 0 Å². The molecule has 0 radical (unpaired) electrons. The number of rotatable bonds is 1. The van der Waals surface area contributed by atoms with Gasteiger partial charge in [0, 0.05) is 11.9 Å². The van der Waals surface area contributed by atoms with Crippen molar-refractivity contribution in [3.05, 3.63) is 36.1 Å². The van der Waals surface area contributed by atoms with Crippen molar-refractivity contribution in [3.8, 4) is 0 Å². The predicted octanol–water partition coefficient (Wildman–Crippen LogP) is 2.42. The van der Waals surface area contributed by atoms with Gasteiger partial charge in [-0.15, -0.1) is 0 Å². The number of nitrogens with zero attached hydrogens (tertiary/aromatic N) is 1. The fourth-order valence-corrected chi connectivity index (χ4v) is 2.72. The quantitative estimate of drug-likeness (QED) is 0.855. The van der Waals surface area contributed by atoms with Crippen LogP contribution in [0.1, 0.15) is 30.6 Å². The van der Waals surface area contributed by atoms with Gasteiger partial charge in [-0.3, -0.25) is 4.79 Å². The maximum absolute atomic E-state index is 12.6. The zero-order valence-electron chi connectivity index (χ0n) is 11.1. The summed E-state index contributed by atoms with van der Waals surface area (Å²) in [5.74, 6) is -0.0773. The number of hydrogen-bond acceptors (Lipinski definition) is 3. The molecule has 2 aromatic rings. The Balaban J connectivity index is 2.01. The summed E-state index contributed by atoms with van der Waals surface area (Å²) in [7, 11) is 0. The average Bonchev–Trinajstić information content (AvgIpc) is 2.92. The van der Waals surface area contributed by atoms with Gasteiger partial charge in [-0.25, -0.2) is 0 Å². The van der Waals surface area contributed by atoms with Crippen LogP contribution in [0.25, 0.3) is 11.0 Å². The number of para-hydroxylation sites is 1. The Bertz CT molecular complexity index is 629. The molecule has 1 fully saturated rings. The highest BCUT2D eigenvalue weighted by Gasteiger charge is 2.43. The van der Waals surface area contributed by atoms with Gasteiger partial charge in [0.2, 0.25) is 0 Å². The number of aliphatic hydroxyl groups excluding tert-OH is 1. The van der Waals surface area contributed by atoms with Crippen molar-refractivity contribution in [2.45, 2.75) is 31.9 Å². The highest BCUT2D eigenvalue weighted by Crippen LogP contribution is 2.32. The third-order valence-electron chi connectivity index (χ3n) is 4.09. The first-order valence-electron chi connectivity index (χ1n) is 6.48. The molecule has 1 N–H and O–H groups in total. The van der Waals surface area contributed by atoms with Crippen molar-refractivity contribution in [2.75, 3.05) is 6.54 Å². The second-order valence-electron chi connectivity index (χ2n) is 5.56. The number of amides is 1. The Morgan fingerprint density at radius 1 is 1.42 bits per heavy atom. The van der Waals surface area contributed by atoms with Gasteiger partial charge in [0.25, 0.3) is 5.91 Å². The van der Waals surface area contributed by atoms with Gasteiger partial charge in [0.1, 0.15) is 11.8 Å². The maximum Gasteiger partial charge on any atom is 0.258 e. The van der Waals surface area contributed by atoms with Crippen molar-refractivity contribution in [1.29, 1.82) is 0 Å². The maximum atomic E-state index is 12.6. The lowest BCUT2D eigenvalue weighted by Gasteiger charge is -2.33. The van der Waals surface area contributed by atoms with Gasteiger partial charge in [-0.05, 0) is 26.3 Å². The van der Waals surface area contributed by atoms with E-state index in [1.54, 1.807) is 4.90 Å². The number of fused-ring (bicyclic) bond motifs is 1. The number of likely N-dealkylation sites (tertiary alicyclic amines) is 1. The van der Waals surface area contributed by atoms with Crippen LogP contribution in [0.2, 0.25) is 0 Å². The first-order chi connectivity index (χ1) is 9.01. The molecular weight excluding hydrogens is 242 g/mol. The molecule has 4 heteroatoms. The molecule has 0 saturated carbocycles. The van der Waals surface area contributed by atoms with Crippen LogP contribution < -0.4 is 0 Å². The van der Waals surface area contributed by atoms with Gasteiger partial charge in [0.05, 0.1) is 17.2 Å². The molecule has 1 aromatic heterocycles. The summed E-state index contributed by atoms with van der Waals surface area (Å²) in [6.45, 7) is 4.36. The van der Waals surface area contributed by atoms with Crippen molar-refractivity contribution in [1.82, 2.24) is 4.90 Å². The Morgan fingerprint density at radius 3 is 2.84 bits per heavy atom. The van der Waals surface area contributed by atoms with Gasteiger partial charge in [-0.1, -0.05) is 18.2 Å². The number of carbonyl (C=O) groups excluding carboxylic acids is 1. The van der Waals surface area contributed by atoms with Crippen LogP contribution >= 0.6 is 0 Å². The van der Waals surface area contributed by atoms with E-state index in [1.807, 2.05) is 38.1 Å². The van der Waals surface area contributed by atoms with E-state index in [9.17, 15) is 9.90 Å². The standard InChI is InChI=1S/C15H17NO3/c1-15(2)13(17)7-8-16(15)14(18)11-9-19-12-6-4-3-5-10(11)12/h3-6,9,13,17H,7-8H2,1-2H3. The second kappa shape index (κ2) is 4.10. The molecule has 19 heavy (non-hydrogen) atoms. The SMILES string of the molecule is CC1(C)C(O)CCN1C(=O)c1coc2ccccc12. The van der Waals surface area contributed by atoms with Crippen molar-refractivity contribution >= 4 is 16.9 Å². The molecule has 1 unspecified atom stereocenters. The molecular formula is C15H17NO3. The molecule has 0 spiro atoms. The van der Waals surface area contributed by atoms with Crippen LogP contribution in [0, 0.1) is 0 Å². The molecule has 4 nitrogen and oxygen atoms in total. The van der Waals surface area contributed by atoms with Gasteiger partial charge in [-0.2, -0.15) is 0 Å². The third kappa shape index (κ3) is 1.75. The van der Waals surface area contributed by atoms with Crippen molar-refractivity contribution in [2.24, 2.45) is 0 Å². The Morgan fingerprint density at radius 2 is 2.16 bits per heavy atom. The monoisotopic (exact) mass is 259 g/mol. The first-order valence-corrected chi connectivity index (χ1v) is 6.48. The molecule has 1 saturated heterocycles. The van der Waals surface area contributed by atoms with Crippen LogP contribution in [0.5, 0.6) is 0 Å². The lowest BCUT2D eigenvalue weighted by atomic mass is 9.98. The number of furan rings is 1. The molecule has 1 amide bonds. The minimum Gasteiger partial charge on any atom is -0.463 e. The number of aliphatic hydroxyl groups is 1. The summed E-state index contributed by atoms with van der Waals surface area (Å²) in [6, 6.07) is 7.49. The van der Waals surface area contributed by atoms with E-state index in [2.05, 4.69) is 0 Å². The summed E-state index contributed by atoms with van der Waals surface area (Å²) in [5, 5.41) is 10.8. The number of hydrogen-bond donors (Lipinski definition) is 1. The molecule has 1 aliphatic rings. The van der Waals surface area contributed by atoms with E-state index in [-0.39, 0.29) is 5.91 Å². The minimum atomic E-state index is -0.532. The highest BCUT2D eigenvalue weighted by atomic mass is 16.3. The van der Waals surface area contributed by atoms with E-state index in [1.165, 1.54) is 6.26 Å². The van der Waals surface area contributed by atoms with E-state index < -0.39 is 11.6 Å². The largest absolute Gasteiger partial charge is 0.463 e. The summed E-state index contributed by atoms with van der Waals surface area (Å²) in [5.41, 5.74) is 0.747. The first kappa shape index (κ1) is 12.2. The van der Waals surface area contributed by atoms with Crippen LogP contribution in [0.4, 0.5) is 0 Å². The highest BCUT2D eigenvalue weighted by molar-refractivity contribution is 6.06. The number of benzene rings is 1. The van der Waals surface area contributed by atoms with Gasteiger partial charge >= 0.3 is 0 Å². The summed E-state index contributed by atoms with van der Waals surface area (Å²) >= 11 is 0. The molecule has 100 valence electrons. The van der Waals surface area contributed by atoms with Crippen LogP contribution in [0.3, 0.4) is 0 Å². The number of carbonyl (C=O) groups is 1. The van der Waals surface area contributed by atoms with Crippen LogP contribution in [-0.4, -0.2) is 34.1 Å². The van der Waals surface area contributed by atoms with E-state index in [0.717, 1.165) is 5.39 Å². The zero-order chi connectivity index (χ0) is 13.6. The lowest BCUT2D eigenvalue weighted by molar-refractivity contribution is 0.0395. The fourth-order valence-electron chi connectivity index (χ4n) is 2.72. The Hall–Kier alpha value is -1.81. The molecule has 1 atom stereocenters. The zero-order valence-corrected chi connectivity index (χ0v) is 11.1. The minimum absolute atomic E-state index is 0.0773. The van der Waals surface area contributed by atoms with Gasteiger partial charge in [0.15, 0.2) is 0 Å². The lowest BCUT2D eigenvalue weighted by Crippen LogP contribution is -2.48. The van der Waals surface area contributed by atoms with E-state index >= 15 is 0 Å². The second-order valence-corrected chi connectivity index (χ2v) is 5.56. The molecule has 0 aliphatic carbocycles. The molecule has 1 aliphatic heterocycles. The normalized spacial score (nSPS) is 22.1. The fraction of sp³-hybridized carbons (Fsp3) is 0.400. The van der Waals surface area contributed by atoms with Gasteiger partial charge < -0.3 is 14.4 Å². The van der Waals surface area contributed by atoms with Crippen LogP contribution in [0.15, 0.2) is 34.9 Å². The summed E-state index contributed by atoms with van der Waals surface area (Å²) in [6.07, 6.45) is 1.65. The summed E-state index contributed by atoms with van der Waals surface area (Å²) in [4.78, 5) is 14.4. The molecule has 0 bridgehead atoms. The van der Waals surface area contributed by atoms with E-state index in [0.29, 0.717) is 24.1 Å². The Kier molecular flexibility index (Phi) is 2.64. The topological polar surface area (TPSA) is 53.7 Å². The molecule has 1 aromatic carbocycles. The van der Waals surface area contributed by atoms with E-state index in [4.69, 9.17) is 4.42 Å². The smallest absolute Gasteiger partial charge is 0.258 e. The Labute approximate surface area is 111 Å².